The van der Waals surface area contributed by atoms with E-state index >= 15 is 0 Å². The van der Waals surface area contributed by atoms with Crippen LogP contribution in [0.4, 0.5) is 0 Å². The smallest absolute Gasteiger partial charge is 0.0706 e. The topological polar surface area (TPSA) is 20.2 Å². The molecule has 1 heteroatoms. The van der Waals surface area contributed by atoms with Crippen molar-refractivity contribution < 1.29 is 5.11 Å². The van der Waals surface area contributed by atoms with E-state index in [2.05, 4.69) is 6.92 Å². The maximum Gasteiger partial charge on any atom is 0.0706 e. The van der Waals surface area contributed by atoms with Gasteiger partial charge >= 0.3 is 0 Å². The van der Waals surface area contributed by atoms with Crippen LogP contribution >= 0.6 is 0 Å². The molecule has 3 fully saturated rings. The van der Waals surface area contributed by atoms with Gasteiger partial charge in [-0.3, -0.25) is 0 Å². The van der Waals surface area contributed by atoms with E-state index in [1.54, 1.807) is 0 Å². The zero-order chi connectivity index (χ0) is 10.5. The highest BCUT2D eigenvalue weighted by Crippen LogP contribution is 2.56. The molecule has 0 spiro atoms. The van der Waals surface area contributed by atoms with Crippen molar-refractivity contribution in [3.05, 3.63) is 0 Å². The van der Waals surface area contributed by atoms with Gasteiger partial charge < -0.3 is 5.11 Å². The van der Waals surface area contributed by atoms with Crippen molar-refractivity contribution in [2.45, 2.75) is 63.9 Å². The van der Waals surface area contributed by atoms with Crippen molar-refractivity contribution in [3.8, 4) is 0 Å². The quantitative estimate of drug-likeness (QED) is 0.647. The van der Waals surface area contributed by atoms with Gasteiger partial charge in [0.2, 0.25) is 0 Å². The van der Waals surface area contributed by atoms with E-state index in [0.717, 1.165) is 18.3 Å². The summed E-state index contributed by atoms with van der Waals surface area (Å²) in [7, 11) is 0. The van der Waals surface area contributed by atoms with Crippen molar-refractivity contribution >= 4 is 0 Å². The van der Waals surface area contributed by atoms with Crippen LogP contribution in [0.3, 0.4) is 0 Å². The summed E-state index contributed by atoms with van der Waals surface area (Å²) in [6.07, 6.45) is 10.4. The molecule has 3 saturated carbocycles. The minimum Gasteiger partial charge on any atom is -0.389 e. The van der Waals surface area contributed by atoms with E-state index in [4.69, 9.17) is 0 Å². The summed E-state index contributed by atoms with van der Waals surface area (Å²) < 4.78 is 0. The molecule has 1 N–H and O–H groups in total. The van der Waals surface area contributed by atoms with Crippen molar-refractivity contribution in [1.82, 2.24) is 0 Å². The highest BCUT2D eigenvalue weighted by molar-refractivity contribution is 5.04. The number of fused-ring (bicyclic) bond motifs is 4. The maximum absolute atomic E-state index is 11.0. The second kappa shape index (κ2) is 3.48. The number of aliphatic hydroxyl groups is 1. The molecule has 15 heavy (non-hydrogen) atoms. The summed E-state index contributed by atoms with van der Waals surface area (Å²) in [5, 5.41) is 11.0. The normalized spacial score (nSPS) is 54.8. The molecular formula is C14H24O. The molecule has 5 atom stereocenters. The first-order valence-electron chi connectivity index (χ1n) is 6.94. The van der Waals surface area contributed by atoms with Crippen molar-refractivity contribution in [1.29, 1.82) is 0 Å². The molecule has 0 unspecified atom stereocenters. The van der Waals surface area contributed by atoms with Gasteiger partial charge in [0.1, 0.15) is 0 Å². The molecule has 2 bridgehead atoms. The monoisotopic (exact) mass is 208 g/mol. The Bertz CT molecular complexity index is 250. The molecule has 3 rings (SSSR count). The van der Waals surface area contributed by atoms with Crippen LogP contribution in [0.5, 0.6) is 0 Å². The van der Waals surface area contributed by atoms with Crippen molar-refractivity contribution in [2.24, 2.45) is 23.7 Å². The second-order valence-electron chi connectivity index (χ2n) is 6.33. The van der Waals surface area contributed by atoms with Gasteiger partial charge in [0.05, 0.1) is 5.60 Å². The van der Waals surface area contributed by atoms with Crippen molar-refractivity contribution in [2.75, 3.05) is 0 Å². The Labute approximate surface area is 93.3 Å². The zero-order valence-corrected chi connectivity index (χ0v) is 9.91. The number of hydrogen-bond donors (Lipinski definition) is 1. The molecule has 0 amide bonds. The van der Waals surface area contributed by atoms with Gasteiger partial charge in [0.25, 0.3) is 0 Å². The SMILES string of the molecule is C[C@H]1[C@@H]2CCC[C@@H](C2)[C@@]2(O)CCCC[C@H]12. The lowest BCUT2D eigenvalue weighted by Gasteiger charge is -2.56. The first-order valence-corrected chi connectivity index (χ1v) is 6.94. The molecule has 0 aromatic carbocycles. The van der Waals surface area contributed by atoms with E-state index in [1.165, 1.54) is 44.9 Å². The van der Waals surface area contributed by atoms with Crippen LogP contribution in [0.2, 0.25) is 0 Å². The van der Waals surface area contributed by atoms with Gasteiger partial charge in [-0.2, -0.15) is 0 Å². The molecule has 1 nitrogen and oxygen atoms in total. The zero-order valence-electron chi connectivity index (χ0n) is 9.91. The third-order valence-corrected chi connectivity index (χ3v) is 5.78. The lowest BCUT2D eigenvalue weighted by atomic mass is 9.52. The van der Waals surface area contributed by atoms with E-state index in [1.807, 2.05) is 0 Å². The fourth-order valence-electron chi connectivity index (χ4n) is 4.92. The summed E-state index contributed by atoms with van der Waals surface area (Å²) in [5.41, 5.74) is -0.255. The van der Waals surface area contributed by atoms with Crippen LogP contribution in [0.25, 0.3) is 0 Å². The Morgan fingerprint density at radius 1 is 1.07 bits per heavy atom. The molecule has 86 valence electrons. The minimum absolute atomic E-state index is 0.255. The maximum atomic E-state index is 11.0. The van der Waals surface area contributed by atoms with Gasteiger partial charge in [0, 0.05) is 0 Å². The summed E-state index contributed by atoms with van der Waals surface area (Å²) in [6.45, 7) is 2.41. The molecule has 0 saturated heterocycles. The minimum atomic E-state index is -0.255. The molecule has 3 aliphatic rings. The van der Waals surface area contributed by atoms with Gasteiger partial charge in [-0.05, 0) is 49.4 Å². The van der Waals surface area contributed by atoms with Gasteiger partial charge in [-0.1, -0.05) is 32.6 Å². The fraction of sp³-hybridized carbons (Fsp3) is 1.00. The van der Waals surface area contributed by atoms with Crippen LogP contribution in [-0.2, 0) is 0 Å². The van der Waals surface area contributed by atoms with Gasteiger partial charge in [-0.15, -0.1) is 0 Å². The van der Waals surface area contributed by atoms with Crippen LogP contribution in [0.1, 0.15) is 58.3 Å². The van der Waals surface area contributed by atoms with E-state index in [-0.39, 0.29) is 5.60 Å². The third-order valence-electron chi connectivity index (χ3n) is 5.78. The summed E-state index contributed by atoms with van der Waals surface area (Å²) in [4.78, 5) is 0. The molecular weight excluding hydrogens is 184 g/mol. The summed E-state index contributed by atoms with van der Waals surface area (Å²) in [6, 6.07) is 0. The first kappa shape index (κ1) is 10.1. The molecule has 0 radical (unpaired) electrons. The highest BCUT2D eigenvalue weighted by Gasteiger charge is 2.53. The molecule has 0 heterocycles. The standard InChI is InChI=1S/C14H24O/c1-10-11-5-4-6-12(9-11)14(15)8-3-2-7-13(10)14/h10-13,15H,2-9H2,1H3/t10-,11+,12-,13+,14-/m0/s1. The first-order chi connectivity index (χ1) is 7.22. The Morgan fingerprint density at radius 3 is 2.80 bits per heavy atom. The Morgan fingerprint density at radius 2 is 1.93 bits per heavy atom. The van der Waals surface area contributed by atoms with Gasteiger partial charge in [-0.25, -0.2) is 0 Å². The molecule has 0 aromatic rings. The Kier molecular flexibility index (Phi) is 2.35. The second-order valence-corrected chi connectivity index (χ2v) is 6.33. The summed E-state index contributed by atoms with van der Waals surface area (Å²) in [5.74, 6) is 3.01. The van der Waals surface area contributed by atoms with Crippen LogP contribution in [-0.4, -0.2) is 10.7 Å². The molecule has 0 aliphatic heterocycles. The highest BCUT2D eigenvalue weighted by atomic mass is 16.3. The van der Waals surface area contributed by atoms with Crippen molar-refractivity contribution in [3.63, 3.8) is 0 Å². The van der Waals surface area contributed by atoms with Gasteiger partial charge in [0.15, 0.2) is 0 Å². The predicted octanol–water partition coefficient (Wildman–Crippen LogP) is 3.36. The average molecular weight is 208 g/mol. The Hall–Kier alpha value is -0.0400. The third kappa shape index (κ3) is 1.39. The lowest BCUT2D eigenvalue weighted by Crippen LogP contribution is -2.56. The lowest BCUT2D eigenvalue weighted by molar-refractivity contribution is -0.166. The fourth-order valence-corrected chi connectivity index (χ4v) is 4.92. The van der Waals surface area contributed by atoms with Crippen LogP contribution < -0.4 is 0 Å². The predicted molar refractivity (Wildman–Crippen MR) is 61.5 cm³/mol. The molecule has 0 aromatic heterocycles. The molecule has 3 aliphatic carbocycles. The Balaban J connectivity index is 1.91. The number of rotatable bonds is 0. The number of hydrogen-bond acceptors (Lipinski definition) is 1. The largest absolute Gasteiger partial charge is 0.389 e. The van der Waals surface area contributed by atoms with E-state index in [9.17, 15) is 5.11 Å². The van der Waals surface area contributed by atoms with Crippen LogP contribution in [0.15, 0.2) is 0 Å². The van der Waals surface area contributed by atoms with E-state index < -0.39 is 0 Å². The van der Waals surface area contributed by atoms with Crippen LogP contribution in [0, 0.1) is 23.7 Å². The average Bonchev–Trinajstić information content (AvgIpc) is 2.28. The van der Waals surface area contributed by atoms with E-state index in [0.29, 0.717) is 11.8 Å². The summed E-state index contributed by atoms with van der Waals surface area (Å²) >= 11 is 0.